The molecule has 0 atom stereocenters. The highest BCUT2D eigenvalue weighted by Gasteiger charge is 2.10. The average molecular weight is 292 g/mol. The van der Waals surface area contributed by atoms with Crippen LogP contribution in [0.5, 0.6) is 0 Å². The molecular formula is C15H20N2O4. The van der Waals surface area contributed by atoms with Gasteiger partial charge in [-0.25, -0.2) is 4.79 Å². The highest BCUT2D eigenvalue weighted by molar-refractivity contribution is 5.97. The number of hydrogen-bond donors (Lipinski definition) is 2. The van der Waals surface area contributed by atoms with Gasteiger partial charge in [0.05, 0.1) is 0 Å². The highest BCUT2D eigenvalue weighted by Crippen LogP contribution is 2.07. The SMILES string of the molecule is CCCOCCCNC(=O)c1ncccc1/C=C/C(=O)O. The second-order valence-electron chi connectivity index (χ2n) is 4.33. The summed E-state index contributed by atoms with van der Waals surface area (Å²) in [6.45, 7) is 3.84. The minimum absolute atomic E-state index is 0.212. The van der Waals surface area contributed by atoms with Crippen LogP contribution >= 0.6 is 0 Å². The van der Waals surface area contributed by atoms with Crippen LogP contribution in [-0.4, -0.2) is 41.7 Å². The second-order valence-corrected chi connectivity index (χ2v) is 4.33. The monoisotopic (exact) mass is 292 g/mol. The van der Waals surface area contributed by atoms with Gasteiger partial charge in [0.2, 0.25) is 0 Å². The van der Waals surface area contributed by atoms with E-state index in [0.29, 0.717) is 18.7 Å². The number of carboxylic acids is 1. The predicted molar refractivity (Wildman–Crippen MR) is 79.0 cm³/mol. The Morgan fingerprint density at radius 3 is 2.95 bits per heavy atom. The third-order valence-electron chi connectivity index (χ3n) is 2.56. The molecule has 1 aromatic heterocycles. The Morgan fingerprint density at radius 2 is 2.24 bits per heavy atom. The molecular weight excluding hydrogens is 272 g/mol. The fourth-order valence-electron chi connectivity index (χ4n) is 1.61. The number of nitrogens with zero attached hydrogens (tertiary/aromatic N) is 1. The first-order chi connectivity index (χ1) is 10.1. The second kappa shape index (κ2) is 9.66. The molecule has 0 saturated heterocycles. The number of ether oxygens (including phenoxy) is 1. The van der Waals surface area contributed by atoms with Crippen molar-refractivity contribution in [3.63, 3.8) is 0 Å². The predicted octanol–water partition coefficient (Wildman–Crippen LogP) is 1.73. The van der Waals surface area contributed by atoms with Crippen LogP contribution < -0.4 is 5.32 Å². The summed E-state index contributed by atoms with van der Waals surface area (Å²) < 4.78 is 5.32. The van der Waals surface area contributed by atoms with Gasteiger partial charge in [0.1, 0.15) is 5.69 Å². The lowest BCUT2D eigenvalue weighted by Crippen LogP contribution is -2.26. The van der Waals surface area contributed by atoms with E-state index in [9.17, 15) is 9.59 Å². The number of hydrogen-bond acceptors (Lipinski definition) is 4. The maximum absolute atomic E-state index is 12.0. The molecule has 6 heteroatoms. The molecule has 1 amide bonds. The number of carboxylic acid groups (broad SMARTS) is 1. The van der Waals surface area contributed by atoms with Gasteiger partial charge in [0.15, 0.2) is 0 Å². The fraction of sp³-hybridized carbons (Fsp3) is 0.400. The molecule has 0 aliphatic carbocycles. The van der Waals surface area contributed by atoms with Crippen LogP contribution in [-0.2, 0) is 9.53 Å². The number of carbonyl (C=O) groups is 2. The van der Waals surface area contributed by atoms with Crippen molar-refractivity contribution in [2.24, 2.45) is 0 Å². The van der Waals surface area contributed by atoms with Crippen molar-refractivity contribution in [3.05, 3.63) is 35.7 Å². The normalized spacial score (nSPS) is 10.7. The number of nitrogens with one attached hydrogen (secondary N) is 1. The minimum atomic E-state index is -1.07. The van der Waals surface area contributed by atoms with Gasteiger partial charge in [-0.3, -0.25) is 9.78 Å². The molecule has 21 heavy (non-hydrogen) atoms. The van der Waals surface area contributed by atoms with Crippen LogP contribution in [0.25, 0.3) is 6.08 Å². The molecule has 0 fully saturated rings. The van der Waals surface area contributed by atoms with Gasteiger partial charge in [-0.1, -0.05) is 13.0 Å². The van der Waals surface area contributed by atoms with Crippen LogP contribution in [0.15, 0.2) is 24.4 Å². The van der Waals surface area contributed by atoms with Gasteiger partial charge in [-0.15, -0.1) is 0 Å². The van der Waals surface area contributed by atoms with Crippen molar-refractivity contribution in [2.75, 3.05) is 19.8 Å². The third-order valence-corrected chi connectivity index (χ3v) is 2.56. The molecule has 1 rings (SSSR count). The first-order valence-corrected chi connectivity index (χ1v) is 6.87. The standard InChI is InChI=1S/C15H20N2O4/c1-2-10-21-11-4-9-17-15(20)14-12(5-3-8-16-14)6-7-13(18)19/h3,5-8H,2,4,9-11H2,1H3,(H,17,20)(H,18,19)/b7-6+. The summed E-state index contributed by atoms with van der Waals surface area (Å²) in [6.07, 6.45) is 5.52. The lowest BCUT2D eigenvalue weighted by atomic mass is 10.1. The zero-order valence-electron chi connectivity index (χ0n) is 12.0. The zero-order chi connectivity index (χ0) is 15.5. The van der Waals surface area contributed by atoms with E-state index in [-0.39, 0.29) is 11.6 Å². The summed E-state index contributed by atoms with van der Waals surface area (Å²) in [5, 5.41) is 11.4. The van der Waals surface area contributed by atoms with E-state index in [2.05, 4.69) is 10.3 Å². The van der Waals surface area contributed by atoms with Crippen LogP contribution in [0.3, 0.4) is 0 Å². The maximum atomic E-state index is 12.0. The van der Waals surface area contributed by atoms with Crippen LogP contribution in [0.2, 0.25) is 0 Å². The first kappa shape index (κ1) is 16.8. The number of amides is 1. The average Bonchev–Trinajstić information content (AvgIpc) is 2.48. The van der Waals surface area contributed by atoms with Crippen molar-refractivity contribution >= 4 is 18.0 Å². The Balaban J connectivity index is 2.52. The molecule has 0 unspecified atom stereocenters. The Kier molecular flexibility index (Phi) is 7.74. The maximum Gasteiger partial charge on any atom is 0.328 e. The Hall–Kier alpha value is -2.21. The minimum Gasteiger partial charge on any atom is -0.478 e. The third kappa shape index (κ3) is 6.67. The number of aliphatic carboxylic acids is 1. The van der Waals surface area contributed by atoms with Crippen molar-refractivity contribution in [2.45, 2.75) is 19.8 Å². The Bertz CT molecular complexity index is 500. The summed E-state index contributed by atoms with van der Waals surface area (Å²) in [5.74, 6) is -1.39. The van der Waals surface area contributed by atoms with Gasteiger partial charge < -0.3 is 15.2 Å². The number of rotatable bonds is 9. The molecule has 0 radical (unpaired) electrons. The van der Waals surface area contributed by atoms with Gasteiger partial charge >= 0.3 is 5.97 Å². The summed E-state index contributed by atoms with van der Waals surface area (Å²) in [5.41, 5.74) is 0.684. The largest absolute Gasteiger partial charge is 0.478 e. The molecule has 0 spiro atoms. The van der Waals surface area contributed by atoms with E-state index in [1.807, 2.05) is 6.92 Å². The molecule has 0 aliphatic heterocycles. The lowest BCUT2D eigenvalue weighted by Gasteiger charge is -2.07. The lowest BCUT2D eigenvalue weighted by molar-refractivity contribution is -0.131. The molecule has 1 heterocycles. The van der Waals surface area contributed by atoms with Crippen LogP contribution in [0.1, 0.15) is 35.8 Å². The van der Waals surface area contributed by atoms with E-state index >= 15 is 0 Å². The Labute approximate surface area is 123 Å². The summed E-state index contributed by atoms with van der Waals surface area (Å²) >= 11 is 0. The molecule has 0 bridgehead atoms. The highest BCUT2D eigenvalue weighted by atomic mass is 16.5. The molecule has 0 aliphatic rings. The molecule has 114 valence electrons. The van der Waals surface area contributed by atoms with Crippen molar-refractivity contribution < 1.29 is 19.4 Å². The number of pyridine rings is 1. The molecule has 0 aromatic carbocycles. The molecule has 6 nitrogen and oxygen atoms in total. The van der Waals surface area contributed by atoms with E-state index < -0.39 is 5.97 Å². The quantitative estimate of drug-likeness (QED) is 0.534. The topological polar surface area (TPSA) is 88.5 Å². The van der Waals surface area contributed by atoms with Crippen LogP contribution in [0, 0.1) is 0 Å². The molecule has 1 aromatic rings. The van der Waals surface area contributed by atoms with Gasteiger partial charge in [0.25, 0.3) is 5.91 Å². The van der Waals surface area contributed by atoms with Crippen molar-refractivity contribution in [3.8, 4) is 0 Å². The summed E-state index contributed by atoms with van der Waals surface area (Å²) in [4.78, 5) is 26.5. The van der Waals surface area contributed by atoms with Crippen molar-refractivity contribution in [1.29, 1.82) is 0 Å². The Morgan fingerprint density at radius 1 is 1.43 bits per heavy atom. The number of carbonyl (C=O) groups excluding carboxylic acids is 1. The first-order valence-electron chi connectivity index (χ1n) is 6.87. The van der Waals surface area contributed by atoms with E-state index in [1.165, 1.54) is 12.3 Å². The fourth-order valence-corrected chi connectivity index (χ4v) is 1.61. The number of aromatic nitrogens is 1. The zero-order valence-corrected chi connectivity index (χ0v) is 12.0. The summed E-state index contributed by atoms with van der Waals surface area (Å²) in [7, 11) is 0. The van der Waals surface area contributed by atoms with Crippen LogP contribution in [0.4, 0.5) is 0 Å². The van der Waals surface area contributed by atoms with E-state index in [4.69, 9.17) is 9.84 Å². The van der Waals surface area contributed by atoms with Gasteiger partial charge in [0, 0.05) is 37.6 Å². The van der Waals surface area contributed by atoms with Gasteiger partial charge in [-0.2, -0.15) is 0 Å². The molecule has 2 N–H and O–H groups in total. The van der Waals surface area contributed by atoms with Gasteiger partial charge in [-0.05, 0) is 25.0 Å². The smallest absolute Gasteiger partial charge is 0.328 e. The van der Waals surface area contributed by atoms with Crippen molar-refractivity contribution in [1.82, 2.24) is 10.3 Å². The van der Waals surface area contributed by atoms with E-state index in [0.717, 1.165) is 25.5 Å². The molecule has 0 saturated carbocycles. The van der Waals surface area contributed by atoms with E-state index in [1.54, 1.807) is 12.1 Å². The summed E-state index contributed by atoms with van der Waals surface area (Å²) in [6, 6.07) is 3.29.